The number of aromatic nitrogens is 1. The Kier molecular flexibility index (Phi) is 3.99. The highest BCUT2D eigenvalue weighted by molar-refractivity contribution is 5.56. The Morgan fingerprint density at radius 2 is 2.26 bits per heavy atom. The Labute approximate surface area is 112 Å². The number of aliphatic hydroxyl groups excluding tert-OH is 1. The SMILES string of the molecule is CC1CCC(CO)(Nc2ncccc2[N+](=O)[O-])CC1. The first-order chi connectivity index (χ1) is 9.06. The molecule has 0 aromatic carbocycles. The summed E-state index contributed by atoms with van der Waals surface area (Å²) in [6.07, 6.45) is 5.14. The quantitative estimate of drug-likeness (QED) is 0.644. The molecule has 0 unspecified atom stereocenters. The van der Waals surface area contributed by atoms with Crippen molar-refractivity contribution in [2.75, 3.05) is 11.9 Å². The lowest BCUT2D eigenvalue weighted by Gasteiger charge is -2.38. The summed E-state index contributed by atoms with van der Waals surface area (Å²) in [6.45, 7) is 2.15. The third-order valence-corrected chi connectivity index (χ3v) is 3.90. The summed E-state index contributed by atoms with van der Waals surface area (Å²) in [5.74, 6) is 0.885. The number of hydrogen-bond acceptors (Lipinski definition) is 5. The van der Waals surface area contributed by atoms with Crippen LogP contribution in [-0.4, -0.2) is 27.2 Å². The summed E-state index contributed by atoms with van der Waals surface area (Å²) in [7, 11) is 0. The van der Waals surface area contributed by atoms with Crippen LogP contribution in [0.3, 0.4) is 0 Å². The molecule has 1 fully saturated rings. The Bertz CT molecular complexity index is 456. The minimum Gasteiger partial charge on any atom is -0.394 e. The van der Waals surface area contributed by atoms with Crippen molar-refractivity contribution in [3.8, 4) is 0 Å². The predicted molar refractivity (Wildman–Crippen MR) is 72.0 cm³/mol. The minimum absolute atomic E-state index is 0.0343. The van der Waals surface area contributed by atoms with Gasteiger partial charge in [-0.05, 0) is 37.7 Å². The number of anilines is 1. The molecule has 1 aliphatic rings. The average Bonchev–Trinajstić information content (AvgIpc) is 2.42. The summed E-state index contributed by atoms with van der Waals surface area (Å²) in [5, 5.41) is 23.7. The zero-order chi connectivity index (χ0) is 13.9. The van der Waals surface area contributed by atoms with Crippen LogP contribution >= 0.6 is 0 Å². The number of rotatable bonds is 4. The van der Waals surface area contributed by atoms with Crippen molar-refractivity contribution in [1.29, 1.82) is 0 Å². The van der Waals surface area contributed by atoms with Crippen molar-refractivity contribution < 1.29 is 10.0 Å². The lowest BCUT2D eigenvalue weighted by molar-refractivity contribution is -0.384. The molecule has 104 valence electrons. The lowest BCUT2D eigenvalue weighted by Crippen LogP contribution is -2.45. The van der Waals surface area contributed by atoms with Crippen LogP contribution in [0.1, 0.15) is 32.6 Å². The van der Waals surface area contributed by atoms with Gasteiger partial charge in [0, 0.05) is 12.3 Å². The van der Waals surface area contributed by atoms with Gasteiger partial charge in [-0.2, -0.15) is 0 Å². The van der Waals surface area contributed by atoms with Crippen molar-refractivity contribution >= 4 is 11.5 Å². The molecule has 2 N–H and O–H groups in total. The fourth-order valence-electron chi connectivity index (χ4n) is 2.53. The van der Waals surface area contributed by atoms with Gasteiger partial charge in [0.05, 0.1) is 17.1 Å². The standard InChI is InChI=1S/C13H19N3O3/c1-10-4-6-13(9-17,7-5-10)15-12-11(16(18)19)3-2-8-14-12/h2-3,8,10,17H,4-7,9H2,1H3,(H,14,15). The molecule has 1 aromatic rings. The van der Waals surface area contributed by atoms with E-state index in [1.807, 2.05) is 0 Å². The van der Waals surface area contributed by atoms with Crippen LogP contribution in [0.4, 0.5) is 11.5 Å². The molecule has 0 bridgehead atoms. The van der Waals surface area contributed by atoms with Gasteiger partial charge >= 0.3 is 5.69 Å². The van der Waals surface area contributed by atoms with Gasteiger partial charge < -0.3 is 10.4 Å². The fourth-order valence-corrected chi connectivity index (χ4v) is 2.53. The highest BCUT2D eigenvalue weighted by Gasteiger charge is 2.35. The van der Waals surface area contributed by atoms with E-state index in [4.69, 9.17) is 0 Å². The molecule has 0 spiro atoms. The van der Waals surface area contributed by atoms with Crippen LogP contribution in [0.15, 0.2) is 18.3 Å². The summed E-state index contributed by atoms with van der Waals surface area (Å²) in [5.41, 5.74) is -0.528. The second kappa shape index (κ2) is 5.52. The molecule has 6 nitrogen and oxygen atoms in total. The Morgan fingerprint density at radius 3 is 2.84 bits per heavy atom. The van der Waals surface area contributed by atoms with Crippen LogP contribution in [0.5, 0.6) is 0 Å². The zero-order valence-electron chi connectivity index (χ0n) is 11.0. The van der Waals surface area contributed by atoms with Crippen molar-refractivity contribution in [1.82, 2.24) is 4.98 Å². The van der Waals surface area contributed by atoms with E-state index in [0.29, 0.717) is 5.92 Å². The van der Waals surface area contributed by atoms with Gasteiger partial charge in [-0.3, -0.25) is 10.1 Å². The first-order valence-corrected chi connectivity index (χ1v) is 6.55. The number of aliphatic hydroxyl groups is 1. The number of nitro groups is 1. The van der Waals surface area contributed by atoms with Crippen LogP contribution in [0.25, 0.3) is 0 Å². The Hall–Kier alpha value is -1.69. The molecule has 0 amide bonds. The number of pyridine rings is 1. The molecule has 1 heterocycles. The summed E-state index contributed by atoms with van der Waals surface area (Å²) in [4.78, 5) is 14.6. The van der Waals surface area contributed by atoms with Crippen LogP contribution < -0.4 is 5.32 Å². The van der Waals surface area contributed by atoms with E-state index in [9.17, 15) is 15.2 Å². The largest absolute Gasteiger partial charge is 0.394 e. The van der Waals surface area contributed by atoms with Gasteiger partial charge in [0.25, 0.3) is 0 Å². The van der Waals surface area contributed by atoms with E-state index in [1.165, 1.54) is 18.3 Å². The van der Waals surface area contributed by atoms with E-state index in [0.717, 1.165) is 25.7 Å². The van der Waals surface area contributed by atoms with E-state index in [-0.39, 0.29) is 18.1 Å². The number of hydrogen-bond donors (Lipinski definition) is 2. The van der Waals surface area contributed by atoms with Gasteiger partial charge in [0.1, 0.15) is 0 Å². The van der Waals surface area contributed by atoms with E-state index in [1.54, 1.807) is 0 Å². The lowest BCUT2D eigenvalue weighted by atomic mass is 9.77. The third kappa shape index (κ3) is 3.01. The normalized spacial score (nSPS) is 26.9. The Morgan fingerprint density at radius 1 is 1.58 bits per heavy atom. The van der Waals surface area contributed by atoms with Crippen LogP contribution in [0, 0.1) is 16.0 Å². The fraction of sp³-hybridized carbons (Fsp3) is 0.615. The second-order valence-corrected chi connectivity index (χ2v) is 5.37. The smallest absolute Gasteiger partial charge is 0.311 e. The van der Waals surface area contributed by atoms with Gasteiger partial charge in [-0.1, -0.05) is 6.92 Å². The van der Waals surface area contributed by atoms with E-state index >= 15 is 0 Å². The van der Waals surface area contributed by atoms with Gasteiger partial charge in [0.15, 0.2) is 0 Å². The molecule has 6 heteroatoms. The second-order valence-electron chi connectivity index (χ2n) is 5.37. The van der Waals surface area contributed by atoms with Crippen LogP contribution in [0.2, 0.25) is 0 Å². The first kappa shape index (κ1) is 13.7. The zero-order valence-corrected chi connectivity index (χ0v) is 11.0. The maximum absolute atomic E-state index is 11.0. The maximum Gasteiger partial charge on any atom is 0.311 e. The van der Waals surface area contributed by atoms with Crippen LogP contribution in [-0.2, 0) is 0 Å². The first-order valence-electron chi connectivity index (χ1n) is 6.55. The van der Waals surface area contributed by atoms with Crippen molar-refractivity contribution in [3.63, 3.8) is 0 Å². The van der Waals surface area contributed by atoms with Gasteiger partial charge in [0.2, 0.25) is 5.82 Å². The van der Waals surface area contributed by atoms with Crippen molar-refractivity contribution in [3.05, 3.63) is 28.4 Å². The monoisotopic (exact) mass is 265 g/mol. The maximum atomic E-state index is 11.0. The molecule has 1 aromatic heterocycles. The van der Waals surface area contributed by atoms with Crippen molar-refractivity contribution in [2.45, 2.75) is 38.1 Å². The van der Waals surface area contributed by atoms with E-state index < -0.39 is 10.5 Å². The topological polar surface area (TPSA) is 88.3 Å². The van der Waals surface area contributed by atoms with E-state index in [2.05, 4.69) is 17.2 Å². The molecule has 1 aliphatic carbocycles. The molecule has 2 rings (SSSR count). The molecule has 1 saturated carbocycles. The van der Waals surface area contributed by atoms with Crippen molar-refractivity contribution in [2.24, 2.45) is 5.92 Å². The summed E-state index contributed by atoms with van der Waals surface area (Å²) >= 11 is 0. The average molecular weight is 265 g/mol. The minimum atomic E-state index is -0.481. The van der Waals surface area contributed by atoms with Gasteiger partial charge in [-0.15, -0.1) is 0 Å². The molecule has 0 atom stereocenters. The highest BCUT2D eigenvalue weighted by Crippen LogP contribution is 2.35. The Balaban J connectivity index is 2.21. The summed E-state index contributed by atoms with van der Waals surface area (Å²) < 4.78 is 0. The predicted octanol–water partition coefficient (Wildman–Crippen LogP) is 2.34. The molecular weight excluding hydrogens is 246 g/mol. The number of nitrogens with zero attached hydrogens (tertiary/aromatic N) is 2. The summed E-state index contributed by atoms with van der Waals surface area (Å²) in [6, 6.07) is 2.96. The molecule has 19 heavy (non-hydrogen) atoms. The molecule has 0 radical (unpaired) electrons. The molecule has 0 aliphatic heterocycles. The third-order valence-electron chi connectivity index (χ3n) is 3.90. The highest BCUT2D eigenvalue weighted by atomic mass is 16.6. The number of nitrogens with one attached hydrogen (secondary N) is 1. The molecule has 0 saturated heterocycles. The van der Waals surface area contributed by atoms with Gasteiger partial charge in [-0.25, -0.2) is 4.98 Å². The molecular formula is C13H19N3O3.